The van der Waals surface area contributed by atoms with Crippen molar-refractivity contribution in [3.8, 4) is 0 Å². The first-order valence-electron chi connectivity index (χ1n) is 7.71. The molecule has 2 aromatic carbocycles. The summed E-state index contributed by atoms with van der Waals surface area (Å²) in [5, 5.41) is 0. The molecule has 2 heteroatoms. The van der Waals surface area contributed by atoms with Crippen molar-refractivity contribution < 1.29 is 4.39 Å². The summed E-state index contributed by atoms with van der Waals surface area (Å²) < 4.78 is 14.3. The van der Waals surface area contributed by atoms with Crippen LogP contribution in [0.3, 0.4) is 0 Å². The maximum absolute atomic E-state index is 14.3. The van der Waals surface area contributed by atoms with E-state index in [1.54, 1.807) is 6.07 Å². The second-order valence-corrected chi connectivity index (χ2v) is 6.23. The van der Waals surface area contributed by atoms with Crippen molar-refractivity contribution >= 4 is 0 Å². The Hall–Kier alpha value is -1.67. The molecule has 2 aromatic rings. The van der Waals surface area contributed by atoms with Gasteiger partial charge < -0.3 is 5.73 Å². The number of aryl methyl sites for hydroxylation is 1. The lowest BCUT2D eigenvalue weighted by Crippen LogP contribution is -2.37. The number of hydrogen-bond donors (Lipinski definition) is 1. The Balaban J connectivity index is 2.07. The molecule has 1 aliphatic rings. The van der Waals surface area contributed by atoms with Gasteiger partial charge in [-0.15, -0.1) is 0 Å². The van der Waals surface area contributed by atoms with Crippen molar-refractivity contribution in [1.29, 1.82) is 0 Å². The van der Waals surface area contributed by atoms with E-state index in [2.05, 4.69) is 24.3 Å². The molecule has 0 radical (unpaired) electrons. The van der Waals surface area contributed by atoms with Crippen LogP contribution in [0, 0.1) is 12.7 Å². The van der Waals surface area contributed by atoms with Gasteiger partial charge in [-0.2, -0.15) is 0 Å². The van der Waals surface area contributed by atoms with Gasteiger partial charge in [-0.3, -0.25) is 0 Å². The molecule has 0 aromatic heterocycles. The molecule has 21 heavy (non-hydrogen) atoms. The highest BCUT2D eigenvalue weighted by molar-refractivity contribution is 5.36. The largest absolute Gasteiger partial charge is 0.323 e. The fourth-order valence-electron chi connectivity index (χ4n) is 3.75. The maximum Gasteiger partial charge on any atom is 0.128 e. The first kappa shape index (κ1) is 14.3. The van der Waals surface area contributed by atoms with E-state index in [0.717, 1.165) is 31.2 Å². The summed E-state index contributed by atoms with van der Waals surface area (Å²) in [7, 11) is 0. The van der Waals surface area contributed by atoms with Crippen LogP contribution in [0.2, 0.25) is 0 Å². The van der Waals surface area contributed by atoms with E-state index in [9.17, 15) is 4.39 Å². The van der Waals surface area contributed by atoms with Crippen molar-refractivity contribution in [2.75, 3.05) is 0 Å². The molecular weight excluding hydrogens is 261 g/mol. The molecular formula is C19H22FN. The summed E-state index contributed by atoms with van der Waals surface area (Å²) in [6.07, 6.45) is 4.39. The second kappa shape index (κ2) is 5.61. The van der Waals surface area contributed by atoms with Crippen molar-refractivity contribution in [2.45, 2.75) is 44.1 Å². The SMILES string of the molecule is Cc1ccc(F)c(C(N)C2(c3ccccc3)CCCC2)c1. The van der Waals surface area contributed by atoms with Crippen LogP contribution in [0.15, 0.2) is 48.5 Å². The Labute approximate surface area is 126 Å². The van der Waals surface area contributed by atoms with Crippen molar-refractivity contribution in [1.82, 2.24) is 0 Å². The van der Waals surface area contributed by atoms with E-state index in [0.29, 0.717) is 5.56 Å². The van der Waals surface area contributed by atoms with Crippen LogP contribution in [0.1, 0.15) is 48.4 Å². The standard InChI is InChI=1S/C19H22FN/c1-14-9-10-17(20)16(13-14)18(21)19(11-5-6-12-19)15-7-3-2-4-8-15/h2-4,7-10,13,18H,5-6,11-12,21H2,1H3. The minimum absolute atomic E-state index is 0.129. The summed E-state index contributed by atoms with van der Waals surface area (Å²) >= 11 is 0. The predicted molar refractivity (Wildman–Crippen MR) is 84.7 cm³/mol. The van der Waals surface area contributed by atoms with Crippen molar-refractivity contribution in [3.63, 3.8) is 0 Å². The minimum atomic E-state index is -0.290. The van der Waals surface area contributed by atoms with Crippen LogP contribution in [0.5, 0.6) is 0 Å². The lowest BCUT2D eigenvalue weighted by molar-refractivity contribution is 0.348. The predicted octanol–water partition coefficient (Wildman–Crippen LogP) is 4.65. The fraction of sp³-hybridized carbons (Fsp3) is 0.368. The van der Waals surface area contributed by atoms with E-state index in [1.807, 2.05) is 19.1 Å². The molecule has 0 heterocycles. The summed E-state index contributed by atoms with van der Waals surface area (Å²) in [6, 6.07) is 15.4. The Morgan fingerprint density at radius 3 is 2.38 bits per heavy atom. The van der Waals surface area contributed by atoms with E-state index in [-0.39, 0.29) is 17.3 Å². The molecule has 110 valence electrons. The molecule has 0 saturated heterocycles. The zero-order chi connectivity index (χ0) is 14.9. The van der Waals surface area contributed by atoms with Gasteiger partial charge in [-0.25, -0.2) is 4.39 Å². The number of nitrogens with two attached hydrogens (primary N) is 1. The quantitative estimate of drug-likeness (QED) is 0.872. The summed E-state index contributed by atoms with van der Waals surface area (Å²) in [5.41, 5.74) is 9.43. The zero-order valence-corrected chi connectivity index (χ0v) is 12.5. The number of rotatable bonds is 3. The molecule has 2 N–H and O–H groups in total. The van der Waals surface area contributed by atoms with Gasteiger partial charge in [0.25, 0.3) is 0 Å². The molecule has 1 unspecified atom stereocenters. The number of hydrogen-bond acceptors (Lipinski definition) is 1. The topological polar surface area (TPSA) is 26.0 Å². The molecule has 1 saturated carbocycles. The average Bonchev–Trinajstić information content (AvgIpc) is 3.01. The fourth-order valence-corrected chi connectivity index (χ4v) is 3.75. The van der Waals surface area contributed by atoms with Crippen molar-refractivity contribution in [2.24, 2.45) is 5.73 Å². The van der Waals surface area contributed by atoms with Gasteiger partial charge in [0.15, 0.2) is 0 Å². The van der Waals surface area contributed by atoms with Gasteiger partial charge in [-0.1, -0.05) is 60.9 Å². The van der Waals surface area contributed by atoms with E-state index in [1.165, 1.54) is 11.6 Å². The van der Waals surface area contributed by atoms with Gasteiger partial charge in [0.2, 0.25) is 0 Å². The van der Waals surface area contributed by atoms with Gasteiger partial charge >= 0.3 is 0 Å². The highest BCUT2D eigenvalue weighted by Crippen LogP contribution is 2.49. The van der Waals surface area contributed by atoms with Crippen LogP contribution >= 0.6 is 0 Å². The third-order valence-corrected chi connectivity index (χ3v) is 4.93. The highest BCUT2D eigenvalue weighted by Gasteiger charge is 2.42. The molecule has 0 amide bonds. The van der Waals surface area contributed by atoms with E-state index >= 15 is 0 Å². The number of halogens is 1. The van der Waals surface area contributed by atoms with Gasteiger partial charge in [-0.05, 0) is 31.4 Å². The smallest absolute Gasteiger partial charge is 0.128 e. The van der Waals surface area contributed by atoms with E-state index < -0.39 is 0 Å². The summed E-state index contributed by atoms with van der Waals surface area (Å²) in [5.74, 6) is -0.185. The Bertz CT molecular complexity index is 615. The third-order valence-electron chi connectivity index (χ3n) is 4.93. The monoisotopic (exact) mass is 283 g/mol. The van der Waals surface area contributed by atoms with E-state index in [4.69, 9.17) is 5.73 Å². The Morgan fingerprint density at radius 2 is 1.71 bits per heavy atom. The zero-order valence-electron chi connectivity index (χ0n) is 12.5. The summed E-state index contributed by atoms with van der Waals surface area (Å²) in [6.45, 7) is 1.99. The summed E-state index contributed by atoms with van der Waals surface area (Å²) in [4.78, 5) is 0. The van der Waals surface area contributed by atoms with Gasteiger partial charge in [0, 0.05) is 17.0 Å². The average molecular weight is 283 g/mol. The van der Waals surface area contributed by atoms with Crippen LogP contribution < -0.4 is 5.73 Å². The first-order chi connectivity index (χ1) is 10.1. The molecule has 1 aliphatic carbocycles. The lowest BCUT2D eigenvalue weighted by atomic mass is 9.70. The molecule has 0 spiro atoms. The highest BCUT2D eigenvalue weighted by atomic mass is 19.1. The van der Waals surface area contributed by atoms with Crippen LogP contribution in [-0.4, -0.2) is 0 Å². The molecule has 3 rings (SSSR count). The lowest BCUT2D eigenvalue weighted by Gasteiger charge is -2.36. The maximum atomic E-state index is 14.3. The first-order valence-corrected chi connectivity index (χ1v) is 7.71. The van der Waals surface area contributed by atoms with Crippen LogP contribution in [0.25, 0.3) is 0 Å². The van der Waals surface area contributed by atoms with Crippen LogP contribution in [0.4, 0.5) is 4.39 Å². The normalized spacial score (nSPS) is 18.6. The van der Waals surface area contributed by atoms with Crippen LogP contribution in [-0.2, 0) is 5.41 Å². The molecule has 0 bridgehead atoms. The second-order valence-electron chi connectivity index (χ2n) is 6.23. The Morgan fingerprint density at radius 1 is 1.05 bits per heavy atom. The molecule has 1 nitrogen and oxygen atoms in total. The minimum Gasteiger partial charge on any atom is -0.323 e. The Kier molecular flexibility index (Phi) is 3.81. The molecule has 1 atom stereocenters. The number of benzene rings is 2. The molecule has 0 aliphatic heterocycles. The van der Waals surface area contributed by atoms with Crippen molar-refractivity contribution in [3.05, 3.63) is 71.0 Å². The van der Waals surface area contributed by atoms with Gasteiger partial charge in [0.05, 0.1) is 0 Å². The van der Waals surface area contributed by atoms with Gasteiger partial charge in [0.1, 0.15) is 5.82 Å². The molecule has 1 fully saturated rings. The third kappa shape index (κ3) is 2.49.